The van der Waals surface area contributed by atoms with Crippen LogP contribution in [0.4, 0.5) is 13.2 Å². The summed E-state index contributed by atoms with van der Waals surface area (Å²) in [5.41, 5.74) is 1.16. The van der Waals surface area contributed by atoms with E-state index in [2.05, 4.69) is 5.32 Å². The van der Waals surface area contributed by atoms with E-state index in [1.807, 2.05) is 25.1 Å². The molecule has 0 spiro atoms. The van der Waals surface area contributed by atoms with Crippen molar-refractivity contribution < 1.29 is 13.2 Å². The zero-order valence-corrected chi connectivity index (χ0v) is 10.6. The predicted octanol–water partition coefficient (Wildman–Crippen LogP) is 4.06. The lowest BCUT2D eigenvalue weighted by molar-refractivity contribution is -0.147. The highest BCUT2D eigenvalue weighted by Gasteiger charge is 2.40. The maximum Gasteiger partial charge on any atom is 0.407 e. The smallest absolute Gasteiger partial charge is 0.299 e. The van der Waals surface area contributed by atoms with Gasteiger partial charge in [-0.25, -0.2) is 0 Å². The Labute approximate surface area is 106 Å². The molecule has 0 aliphatic rings. The fourth-order valence-electron chi connectivity index (χ4n) is 1.79. The summed E-state index contributed by atoms with van der Waals surface area (Å²) in [7, 11) is 0. The fraction of sp³-hybridized carbons (Fsp3) is 0.429. The minimum absolute atomic E-state index is 0.208. The van der Waals surface area contributed by atoms with E-state index >= 15 is 0 Å². The minimum atomic E-state index is -4.26. The topological polar surface area (TPSA) is 12.0 Å². The van der Waals surface area contributed by atoms with Crippen LogP contribution in [0, 0.1) is 0 Å². The summed E-state index contributed by atoms with van der Waals surface area (Å²) in [6, 6.07) is 7.51. The summed E-state index contributed by atoms with van der Waals surface area (Å²) in [5.74, 6) is 0. The van der Waals surface area contributed by atoms with Gasteiger partial charge >= 0.3 is 6.18 Å². The molecule has 1 atom stereocenters. The maximum atomic E-state index is 12.9. The van der Waals surface area contributed by atoms with Crippen LogP contribution >= 0.6 is 0 Å². The third-order valence-corrected chi connectivity index (χ3v) is 2.66. The number of rotatable bonds is 5. The van der Waals surface area contributed by atoms with Crippen LogP contribution in [-0.2, 0) is 6.54 Å². The molecule has 0 radical (unpaired) electrons. The molecular formula is C14H18F3N. The molecule has 0 aliphatic carbocycles. The molecule has 1 unspecified atom stereocenters. The maximum absolute atomic E-state index is 12.9. The highest BCUT2D eigenvalue weighted by atomic mass is 19.4. The molecule has 0 saturated heterocycles. The predicted molar refractivity (Wildman–Crippen MR) is 67.2 cm³/mol. The van der Waals surface area contributed by atoms with Gasteiger partial charge in [-0.3, -0.25) is 5.32 Å². The molecule has 18 heavy (non-hydrogen) atoms. The summed E-state index contributed by atoms with van der Waals surface area (Å²) in [6.45, 7) is 3.55. The summed E-state index contributed by atoms with van der Waals surface area (Å²) < 4.78 is 38.7. The standard InChI is InChI=1S/C14H18F3N/c1-3-7-11(2)13(14(15,16)17)18-10-12-8-5-4-6-9-12/h4-9,13,18H,3,10H2,1-2H3/b11-7+. The van der Waals surface area contributed by atoms with Gasteiger partial charge in [-0.2, -0.15) is 13.2 Å². The van der Waals surface area contributed by atoms with Crippen LogP contribution in [0.5, 0.6) is 0 Å². The summed E-state index contributed by atoms with van der Waals surface area (Å²) in [5, 5.41) is 2.57. The van der Waals surface area contributed by atoms with Crippen LogP contribution in [0.3, 0.4) is 0 Å². The van der Waals surface area contributed by atoms with Crippen molar-refractivity contribution in [3.8, 4) is 0 Å². The number of allylic oxidation sites excluding steroid dienone is 1. The highest BCUT2D eigenvalue weighted by molar-refractivity contribution is 5.16. The van der Waals surface area contributed by atoms with Crippen molar-refractivity contribution in [3.05, 3.63) is 47.5 Å². The first-order valence-electron chi connectivity index (χ1n) is 5.95. The Kier molecular flexibility index (Phi) is 5.41. The van der Waals surface area contributed by atoms with Crippen LogP contribution < -0.4 is 5.32 Å². The molecule has 0 amide bonds. The van der Waals surface area contributed by atoms with Crippen molar-refractivity contribution >= 4 is 0 Å². The molecular weight excluding hydrogens is 239 g/mol. The van der Waals surface area contributed by atoms with Crippen molar-refractivity contribution in [2.75, 3.05) is 0 Å². The number of alkyl halides is 3. The number of nitrogens with one attached hydrogen (secondary N) is 1. The van der Waals surface area contributed by atoms with Gasteiger partial charge in [0.2, 0.25) is 0 Å². The summed E-state index contributed by atoms with van der Waals surface area (Å²) in [6.07, 6.45) is -2.05. The molecule has 0 fully saturated rings. The van der Waals surface area contributed by atoms with E-state index in [0.717, 1.165) is 5.56 Å². The Morgan fingerprint density at radius 2 is 1.89 bits per heavy atom. The molecule has 0 aromatic heterocycles. The third kappa shape index (κ3) is 4.53. The Morgan fingerprint density at radius 3 is 2.39 bits per heavy atom. The van der Waals surface area contributed by atoms with Crippen LogP contribution in [0.25, 0.3) is 0 Å². The van der Waals surface area contributed by atoms with E-state index in [9.17, 15) is 13.2 Å². The van der Waals surface area contributed by atoms with Gasteiger partial charge in [0.05, 0.1) is 0 Å². The molecule has 1 aromatic rings. The Hall–Kier alpha value is -1.29. The van der Waals surface area contributed by atoms with E-state index in [0.29, 0.717) is 12.0 Å². The second kappa shape index (κ2) is 6.59. The van der Waals surface area contributed by atoms with E-state index < -0.39 is 12.2 Å². The molecule has 0 aliphatic heterocycles. The van der Waals surface area contributed by atoms with Crippen molar-refractivity contribution in [2.45, 2.75) is 39.0 Å². The molecule has 100 valence electrons. The lowest BCUT2D eigenvalue weighted by Crippen LogP contribution is -2.42. The second-order valence-electron chi connectivity index (χ2n) is 4.20. The molecule has 1 N–H and O–H groups in total. The molecule has 1 aromatic carbocycles. The number of hydrogen-bond acceptors (Lipinski definition) is 1. The van der Waals surface area contributed by atoms with Crippen LogP contribution in [0.2, 0.25) is 0 Å². The van der Waals surface area contributed by atoms with E-state index in [1.165, 1.54) is 6.92 Å². The lowest BCUT2D eigenvalue weighted by atomic mass is 10.1. The van der Waals surface area contributed by atoms with Gasteiger partial charge in [-0.05, 0) is 18.9 Å². The monoisotopic (exact) mass is 257 g/mol. The number of hydrogen-bond donors (Lipinski definition) is 1. The molecule has 1 rings (SSSR count). The van der Waals surface area contributed by atoms with Crippen molar-refractivity contribution in [3.63, 3.8) is 0 Å². The number of benzene rings is 1. The van der Waals surface area contributed by atoms with Gasteiger partial charge in [0, 0.05) is 6.54 Å². The average molecular weight is 257 g/mol. The number of halogens is 3. The normalized spacial score (nSPS) is 14.6. The Morgan fingerprint density at radius 1 is 1.28 bits per heavy atom. The van der Waals surface area contributed by atoms with Crippen LogP contribution in [0.1, 0.15) is 25.8 Å². The molecule has 4 heteroatoms. The summed E-state index contributed by atoms with van der Waals surface area (Å²) in [4.78, 5) is 0. The minimum Gasteiger partial charge on any atom is -0.299 e. The van der Waals surface area contributed by atoms with Crippen LogP contribution in [0.15, 0.2) is 42.0 Å². The Bertz CT molecular complexity index is 382. The van der Waals surface area contributed by atoms with Crippen molar-refractivity contribution in [1.29, 1.82) is 0 Å². The fourth-order valence-corrected chi connectivity index (χ4v) is 1.79. The van der Waals surface area contributed by atoms with Gasteiger partial charge in [-0.15, -0.1) is 0 Å². The SMILES string of the molecule is CC/C=C(\C)C(NCc1ccccc1)C(F)(F)F. The average Bonchev–Trinajstić information content (AvgIpc) is 2.29. The van der Waals surface area contributed by atoms with Gasteiger partial charge in [0.1, 0.15) is 6.04 Å². The van der Waals surface area contributed by atoms with E-state index in [4.69, 9.17) is 0 Å². The second-order valence-corrected chi connectivity index (χ2v) is 4.20. The first-order valence-corrected chi connectivity index (χ1v) is 5.95. The highest BCUT2D eigenvalue weighted by Crippen LogP contribution is 2.25. The van der Waals surface area contributed by atoms with Gasteiger partial charge in [-0.1, -0.05) is 48.9 Å². The van der Waals surface area contributed by atoms with Crippen molar-refractivity contribution in [2.24, 2.45) is 0 Å². The quantitative estimate of drug-likeness (QED) is 0.784. The zero-order valence-electron chi connectivity index (χ0n) is 10.6. The first kappa shape index (κ1) is 14.8. The lowest BCUT2D eigenvalue weighted by Gasteiger charge is -2.22. The molecule has 0 bridgehead atoms. The summed E-state index contributed by atoms with van der Waals surface area (Å²) >= 11 is 0. The van der Waals surface area contributed by atoms with Crippen LogP contribution in [-0.4, -0.2) is 12.2 Å². The van der Waals surface area contributed by atoms with Crippen molar-refractivity contribution in [1.82, 2.24) is 5.32 Å². The van der Waals surface area contributed by atoms with Gasteiger partial charge < -0.3 is 0 Å². The van der Waals surface area contributed by atoms with E-state index in [1.54, 1.807) is 18.2 Å². The Balaban J connectivity index is 2.72. The largest absolute Gasteiger partial charge is 0.407 e. The first-order chi connectivity index (χ1) is 8.45. The third-order valence-electron chi connectivity index (χ3n) is 2.66. The molecule has 0 saturated carbocycles. The zero-order chi connectivity index (χ0) is 13.6. The van der Waals surface area contributed by atoms with Gasteiger partial charge in [0.25, 0.3) is 0 Å². The molecule has 0 heterocycles. The molecule has 1 nitrogen and oxygen atoms in total. The van der Waals surface area contributed by atoms with Gasteiger partial charge in [0.15, 0.2) is 0 Å². The van der Waals surface area contributed by atoms with E-state index in [-0.39, 0.29) is 6.54 Å².